The molecule has 1 fully saturated rings. The molecule has 5 aliphatic heterocycles. The van der Waals surface area contributed by atoms with Gasteiger partial charge in [0.05, 0.1) is 45.0 Å². The topological polar surface area (TPSA) is 120 Å². The van der Waals surface area contributed by atoms with Crippen LogP contribution in [-0.2, 0) is 17.9 Å². The van der Waals surface area contributed by atoms with E-state index in [0.29, 0.717) is 81.3 Å². The lowest BCUT2D eigenvalue weighted by Crippen LogP contribution is -2.43. The van der Waals surface area contributed by atoms with Gasteiger partial charge in [0.15, 0.2) is 0 Å². The van der Waals surface area contributed by atoms with Crippen molar-refractivity contribution in [2.24, 2.45) is 20.4 Å². The molecule has 9 rings (SSSR count). The fraction of sp³-hybridized carbons (Fsp3) is 0.188. The van der Waals surface area contributed by atoms with E-state index in [-0.39, 0.29) is 5.91 Å². The summed E-state index contributed by atoms with van der Waals surface area (Å²) in [6, 6.07) is 24.2. The van der Waals surface area contributed by atoms with Crippen LogP contribution in [0.3, 0.4) is 0 Å². The summed E-state index contributed by atoms with van der Waals surface area (Å²) < 4.78 is 6.17. The molecule has 3 aromatic carbocycles. The zero-order valence-electron chi connectivity index (χ0n) is 32.6. The molecule has 4 aromatic rings. The van der Waals surface area contributed by atoms with Crippen molar-refractivity contribution in [2.45, 2.75) is 54.1 Å². The monoisotopic (exact) mass is 750 g/mol. The van der Waals surface area contributed by atoms with Gasteiger partial charge in [-0.25, -0.2) is 19.8 Å². The third kappa shape index (κ3) is 6.75. The molecule has 282 valence electrons. The predicted octanol–water partition coefficient (Wildman–Crippen LogP) is 7.18. The number of hydrogen-bond acceptors (Lipinski definition) is 8. The average molecular weight is 751 g/mol. The van der Waals surface area contributed by atoms with Gasteiger partial charge >= 0.3 is 5.63 Å². The fourth-order valence-electron chi connectivity index (χ4n) is 8.22. The maximum absolute atomic E-state index is 14.2. The lowest BCUT2D eigenvalue weighted by atomic mass is 9.87. The summed E-state index contributed by atoms with van der Waals surface area (Å²) in [6.45, 7) is 11.4. The van der Waals surface area contributed by atoms with Gasteiger partial charge in [-0.15, -0.1) is 0 Å². The summed E-state index contributed by atoms with van der Waals surface area (Å²) >= 11 is 0. The lowest BCUT2D eigenvalue weighted by Gasteiger charge is -2.17. The largest absolute Gasteiger partial charge is 0.405 e. The second-order valence-corrected chi connectivity index (χ2v) is 15.8. The first kappa shape index (κ1) is 35.8. The quantitative estimate of drug-likeness (QED) is 0.185. The van der Waals surface area contributed by atoms with E-state index in [9.17, 15) is 9.59 Å². The average Bonchev–Trinajstić information content (AvgIpc) is 3.98. The molecule has 1 saturated heterocycles. The Morgan fingerprint density at radius 3 is 2.23 bits per heavy atom. The molecule has 0 atom stereocenters. The molecule has 9 nitrogen and oxygen atoms in total. The Labute approximate surface area is 330 Å². The first-order chi connectivity index (χ1) is 27.5. The molecule has 1 amide bonds. The molecule has 0 spiro atoms. The van der Waals surface area contributed by atoms with Crippen LogP contribution in [0.1, 0.15) is 59.2 Å². The smallest absolute Gasteiger partial charge is 0.348 e. The van der Waals surface area contributed by atoms with Crippen LogP contribution >= 0.6 is 0 Å². The van der Waals surface area contributed by atoms with E-state index in [4.69, 9.17) is 19.4 Å². The van der Waals surface area contributed by atoms with E-state index >= 15 is 0 Å². The Bertz CT molecular complexity index is 2840. The number of amides is 1. The molecular weight excluding hydrogens is 709 g/mol. The van der Waals surface area contributed by atoms with Gasteiger partial charge in [0.2, 0.25) is 5.88 Å². The molecule has 0 aliphatic carbocycles. The van der Waals surface area contributed by atoms with Gasteiger partial charge in [0.25, 0.3) is 5.91 Å². The van der Waals surface area contributed by atoms with Gasteiger partial charge in [-0.3, -0.25) is 4.79 Å². The molecule has 57 heavy (non-hydrogen) atoms. The van der Waals surface area contributed by atoms with Gasteiger partial charge in [-0.1, -0.05) is 92.2 Å². The van der Waals surface area contributed by atoms with Crippen molar-refractivity contribution in [3.63, 3.8) is 0 Å². The molecule has 9 heteroatoms. The zero-order chi connectivity index (χ0) is 39.4. The molecule has 5 aliphatic rings. The number of allylic oxidation sites excluding steroid dienone is 7. The van der Waals surface area contributed by atoms with Crippen molar-refractivity contribution in [1.29, 1.82) is 0 Å². The number of aryl methyl sites for hydroxylation is 3. The number of benzene rings is 3. The zero-order valence-corrected chi connectivity index (χ0v) is 32.6. The standard InChI is InChI=1S/C48H42N6O3/c1-27-18-28(2)41(29(3)19-27)42-36-17-16-32(51-36)21-37-34(45(55)49-25-30-12-8-6-9-13-30)20-33(52-37)22-40-48(4,5)24-39(53-40)43-44-35(23-38(42)54-44)46(57-47(43)56)50-26-31-14-10-7-11-15-31/h6-23,50,53H,24-26H2,1-5H3,(H,49,55). The summed E-state index contributed by atoms with van der Waals surface area (Å²) in [5.41, 5.74) is 12.2. The number of carbonyl (C=O) groups is 1. The second-order valence-electron chi connectivity index (χ2n) is 15.8. The summed E-state index contributed by atoms with van der Waals surface area (Å²) in [7, 11) is 0. The van der Waals surface area contributed by atoms with Crippen molar-refractivity contribution in [3.8, 4) is 0 Å². The molecule has 6 heterocycles. The van der Waals surface area contributed by atoms with E-state index in [2.05, 4.69) is 62.7 Å². The highest BCUT2D eigenvalue weighted by atomic mass is 16.4. The molecule has 8 bridgehead atoms. The second kappa shape index (κ2) is 14.0. The number of hydrogen-bond donors (Lipinski definition) is 3. The molecule has 0 unspecified atom stereocenters. The Morgan fingerprint density at radius 2 is 1.51 bits per heavy atom. The Kier molecular flexibility index (Phi) is 8.80. The van der Waals surface area contributed by atoms with Crippen LogP contribution in [0.15, 0.2) is 156 Å². The first-order valence-corrected chi connectivity index (χ1v) is 19.2. The Balaban J connectivity index is 1.26. The van der Waals surface area contributed by atoms with Crippen molar-refractivity contribution in [2.75, 3.05) is 5.32 Å². The van der Waals surface area contributed by atoms with Gasteiger partial charge < -0.3 is 20.4 Å². The van der Waals surface area contributed by atoms with E-state index in [0.717, 1.165) is 44.7 Å². The summed E-state index contributed by atoms with van der Waals surface area (Å²) in [5.74, 6) is 0.130. The normalized spacial score (nSPS) is 17.2. The van der Waals surface area contributed by atoms with E-state index in [1.807, 2.05) is 97.1 Å². The fourth-order valence-corrected chi connectivity index (χ4v) is 8.22. The van der Waals surface area contributed by atoms with Gasteiger partial charge in [0, 0.05) is 35.5 Å². The van der Waals surface area contributed by atoms with E-state index in [1.165, 1.54) is 0 Å². The third-order valence-electron chi connectivity index (χ3n) is 10.9. The van der Waals surface area contributed by atoms with Crippen LogP contribution in [0, 0.1) is 26.2 Å². The van der Waals surface area contributed by atoms with Gasteiger partial charge in [-0.05, 0) is 91.5 Å². The number of fused-ring (bicyclic) bond motifs is 5. The Hall–Kier alpha value is -6.87. The minimum atomic E-state index is -0.484. The number of aliphatic imine (C=N–C) groups is 2. The van der Waals surface area contributed by atoms with E-state index < -0.39 is 11.0 Å². The number of nitrogens with one attached hydrogen (secondary N) is 3. The van der Waals surface area contributed by atoms with E-state index in [1.54, 1.807) is 0 Å². The highest BCUT2D eigenvalue weighted by molar-refractivity contribution is 6.18. The third-order valence-corrected chi connectivity index (χ3v) is 10.9. The van der Waals surface area contributed by atoms with Crippen LogP contribution in [-0.4, -0.2) is 17.3 Å². The predicted molar refractivity (Wildman–Crippen MR) is 227 cm³/mol. The Morgan fingerprint density at radius 1 is 0.807 bits per heavy atom. The highest BCUT2D eigenvalue weighted by Gasteiger charge is 2.35. The number of anilines is 1. The number of nitrogens with zero attached hydrogens (tertiary/aromatic N) is 3. The van der Waals surface area contributed by atoms with Gasteiger partial charge in [-0.2, -0.15) is 0 Å². The number of rotatable bonds is 7. The maximum Gasteiger partial charge on any atom is 0.348 e. The minimum absolute atomic E-state index is 0.231. The summed E-state index contributed by atoms with van der Waals surface area (Å²) in [5, 5.41) is 11.0. The van der Waals surface area contributed by atoms with Crippen molar-refractivity contribution in [1.82, 2.24) is 10.6 Å². The maximum atomic E-state index is 14.2. The van der Waals surface area contributed by atoms with Crippen LogP contribution in [0.5, 0.6) is 0 Å². The summed E-state index contributed by atoms with van der Waals surface area (Å²) in [4.78, 5) is 43.5. The van der Waals surface area contributed by atoms with Gasteiger partial charge in [0.1, 0.15) is 5.22 Å². The SMILES string of the molecule is Cc1cc(C)c(C2=C3C=CC(=N3)C=C3N=C(C=C3C(=O)NCc3ccccc3)C=C3NC(=c4c(=O)oc(NCc5ccccc5)c5c4=NC2=C5)CC3(C)C)c(C)c1. The molecule has 0 saturated carbocycles. The molecular formula is C48H42N6O3. The number of carbonyl (C=O) groups excluding carboxylic acids is 1. The van der Waals surface area contributed by atoms with Crippen molar-refractivity contribution < 1.29 is 9.21 Å². The molecule has 1 aromatic heterocycles. The van der Waals surface area contributed by atoms with Crippen LogP contribution in [0.25, 0.3) is 17.3 Å². The minimum Gasteiger partial charge on any atom is -0.405 e. The molecule has 3 N–H and O–H groups in total. The van der Waals surface area contributed by atoms with Crippen molar-refractivity contribution >= 4 is 40.6 Å². The van der Waals surface area contributed by atoms with Crippen LogP contribution < -0.4 is 32.2 Å². The lowest BCUT2D eigenvalue weighted by molar-refractivity contribution is -0.117. The summed E-state index contributed by atoms with van der Waals surface area (Å²) in [6.07, 6.45) is 12.1. The van der Waals surface area contributed by atoms with Crippen LogP contribution in [0.4, 0.5) is 5.88 Å². The first-order valence-electron chi connectivity index (χ1n) is 19.2. The van der Waals surface area contributed by atoms with Crippen molar-refractivity contribution in [3.05, 3.63) is 191 Å². The van der Waals surface area contributed by atoms with Crippen LogP contribution in [0.2, 0.25) is 0 Å². The molecule has 0 radical (unpaired) electrons. The highest BCUT2D eigenvalue weighted by Crippen LogP contribution is 2.41.